The second kappa shape index (κ2) is 23.1. The number of carboxylic acid groups (broad SMARTS) is 3. The predicted octanol–water partition coefficient (Wildman–Crippen LogP) is -2.21. The Morgan fingerprint density at radius 3 is 0.800 bits per heavy atom. The van der Waals surface area contributed by atoms with E-state index in [-0.39, 0.29) is 26.2 Å². The van der Waals surface area contributed by atoms with Crippen LogP contribution in [0.3, 0.4) is 0 Å². The summed E-state index contributed by atoms with van der Waals surface area (Å²) in [6.45, 7) is 0. The van der Waals surface area contributed by atoms with Crippen LogP contribution < -0.4 is 0 Å². The van der Waals surface area contributed by atoms with Gasteiger partial charge in [-0.15, -0.1) is 0 Å². The summed E-state index contributed by atoms with van der Waals surface area (Å²) < 4.78 is 0. The summed E-state index contributed by atoms with van der Waals surface area (Å²) in [7, 11) is 0. The maximum atomic E-state index is 10.3. The van der Waals surface area contributed by atoms with Crippen molar-refractivity contribution < 1.29 is 81.4 Å². The first-order chi connectivity index (χ1) is 12.7. The summed E-state index contributed by atoms with van der Waals surface area (Å²) in [5.74, 6) is -5.02. The van der Waals surface area contributed by atoms with Gasteiger partial charge in [0.05, 0.1) is 33.2 Å². The number of aliphatic carboxylic acids is 3. The molecule has 0 saturated heterocycles. The minimum Gasteiger partial charge on any atom is -0.481 e. The van der Waals surface area contributed by atoms with Gasteiger partial charge in [0.25, 0.3) is 0 Å². The molecule has 0 aliphatic heterocycles. The monoisotopic (exact) mass is 530 g/mol. The molecule has 0 radical (unpaired) electrons. The van der Waals surface area contributed by atoms with Gasteiger partial charge in [-0.2, -0.15) is 0 Å². The zero-order valence-corrected chi connectivity index (χ0v) is 16.1. The number of nitrogens with zero attached hydrogens (tertiary/aromatic N) is 4. The zero-order valence-electron chi connectivity index (χ0n) is 13.6. The standard InChI is InChI=1S/C6H8O7.4NO3.Zr/c7-3(8)1-6(13,5(11)12)2-4(9)10;4*2-1(3)4;/h13H,1-2H2,(H,7,8)(H,9,10)(H,11,12);;;;;/q;4*-1;+4. The van der Waals surface area contributed by atoms with Crippen LogP contribution in [0.4, 0.5) is 0 Å². The van der Waals surface area contributed by atoms with Gasteiger partial charge in [0.1, 0.15) is 0 Å². The minimum atomic E-state index is -2.74. The van der Waals surface area contributed by atoms with Gasteiger partial charge < -0.3 is 81.7 Å². The Morgan fingerprint density at radius 2 is 0.733 bits per heavy atom. The normalized spacial score (nSPS) is 7.90. The van der Waals surface area contributed by atoms with Gasteiger partial charge in [-0.05, 0) is 0 Å². The van der Waals surface area contributed by atoms with Gasteiger partial charge in [0.15, 0.2) is 5.60 Å². The smallest absolute Gasteiger partial charge is 0.481 e. The fourth-order valence-corrected chi connectivity index (χ4v) is 0.714. The van der Waals surface area contributed by atoms with Crippen LogP contribution in [0.5, 0.6) is 0 Å². The first kappa shape index (κ1) is 40.7. The van der Waals surface area contributed by atoms with Crippen molar-refractivity contribution in [1.82, 2.24) is 0 Å². The average Bonchev–Trinajstić information content (AvgIpc) is 2.32. The van der Waals surface area contributed by atoms with Gasteiger partial charge in [0, 0.05) is 0 Å². The van der Waals surface area contributed by atoms with Crippen LogP contribution in [0.1, 0.15) is 12.8 Å². The molecule has 0 fully saturated rings. The quantitative estimate of drug-likeness (QED) is 0.215. The molecule has 0 aliphatic rings. The van der Waals surface area contributed by atoms with E-state index in [2.05, 4.69) is 0 Å². The molecule has 170 valence electrons. The van der Waals surface area contributed by atoms with Crippen LogP contribution in [-0.2, 0) is 40.6 Å². The molecule has 0 rings (SSSR count). The van der Waals surface area contributed by atoms with Crippen LogP contribution in [0.25, 0.3) is 0 Å². The first-order valence-corrected chi connectivity index (χ1v) is 5.36. The van der Waals surface area contributed by atoms with Crippen LogP contribution in [-0.4, -0.2) is 64.3 Å². The van der Waals surface area contributed by atoms with E-state index in [4.69, 9.17) is 81.7 Å². The maximum Gasteiger partial charge on any atom is 4.00 e. The average molecular weight is 531 g/mol. The topological polar surface area (TPSA) is 397 Å². The van der Waals surface area contributed by atoms with Gasteiger partial charge >= 0.3 is 44.1 Å². The summed E-state index contributed by atoms with van der Waals surface area (Å²) in [5, 5.41) is 92.8. The molecule has 0 aromatic carbocycles. The fraction of sp³-hybridized carbons (Fsp3) is 0.500. The zero-order chi connectivity index (χ0) is 25.0. The Morgan fingerprint density at radius 1 is 0.600 bits per heavy atom. The van der Waals surface area contributed by atoms with E-state index >= 15 is 0 Å². The molecule has 23 nitrogen and oxygen atoms in total. The van der Waals surface area contributed by atoms with Crippen molar-refractivity contribution in [3.8, 4) is 0 Å². The molecule has 24 heteroatoms. The van der Waals surface area contributed by atoms with E-state index in [0.717, 1.165) is 0 Å². The number of hydrogen-bond donors (Lipinski definition) is 4. The molecular weight excluding hydrogens is 523 g/mol. The molecule has 0 aromatic rings. The number of aliphatic hydroxyl groups is 1. The second-order valence-electron chi connectivity index (χ2n) is 3.37. The molecule has 0 spiro atoms. The van der Waals surface area contributed by atoms with Crippen molar-refractivity contribution in [2.75, 3.05) is 0 Å². The largest absolute Gasteiger partial charge is 4.00 e. The Hall–Kier alpha value is -3.95. The number of rotatable bonds is 5. The van der Waals surface area contributed by atoms with Gasteiger partial charge in [-0.1, -0.05) is 0 Å². The van der Waals surface area contributed by atoms with Crippen molar-refractivity contribution in [1.29, 1.82) is 0 Å². The van der Waals surface area contributed by atoms with Crippen molar-refractivity contribution in [3.05, 3.63) is 61.3 Å². The molecule has 0 aromatic heterocycles. The molecule has 0 unspecified atom stereocenters. The summed E-state index contributed by atoms with van der Waals surface area (Å²) in [6, 6.07) is 0. The van der Waals surface area contributed by atoms with E-state index in [1.165, 1.54) is 0 Å². The van der Waals surface area contributed by atoms with Gasteiger partial charge in [-0.25, -0.2) is 4.79 Å². The van der Waals surface area contributed by atoms with Crippen LogP contribution in [0.15, 0.2) is 0 Å². The molecule has 0 atom stereocenters. The SMILES string of the molecule is O=C(O)CC(O)(CC(=O)O)C(=O)O.O=[N+]([O-])[O-].O=[N+]([O-])[O-].O=[N+]([O-])[O-].O=[N+]([O-])[O-].[Zr+4]. The van der Waals surface area contributed by atoms with E-state index < -0.39 is 56.7 Å². The summed E-state index contributed by atoms with van der Waals surface area (Å²) in [4.78, 5) is 63.5. The third kappa shape index (κ3) is 88.0. The Bertz CT molecular complexity index is 497. The van der Waals surface area contributed by atoms with Crippen molar-refractivity contribution in [3.63, 3.8) is 0 Å². The van der Waals surface area contributed by atoms with Crippen molar-refractivity contribution in [2.45, 2.75) is 18.4 Å². The second-order valence-corrected chi connectivity index (χ2v) is 3.37. The Labute approximate surface area is 179 Å². The van der Waals surface area contributed by atoms with Crippen LogP contribution in [0.2, 0.25) is 0 Å². The van der Waals surface area contributed by atoms with Crippen LogP contribution in [0, 0.1) is 61.3 Å². The van der Waals surface area contributed by atoms with E-state index in [1.807, 2.05) is 0 Å². The third-order valence-corrected chi connectivity index (χ3v) is 1.29. The number of hydrogen-bond acceptors (Lipinski definition) is 16. The predicted molar refractivity (Wildman–Crippen MR) is 78.5 cm³/mol. The molecule has 0 amide bonds. The van der Waals surface area contributed by atoms with E-state index in [0.29, 0.717) is 0 Å². The number of carboxylic acids is 3. The first-order valence-electron chi connectivity index (χ1n) is 5.36. The van der Waals surface area contributed by atoms with Gasteiger partial charge in [-0.3, -0.25) is 9.59 Å². The summed E-state index contributed by atoms with van der Waals surface area (Å²) in [5.41, 5.74) is -2.74. The summed E-state index contributed by atoms with van der Waals surface area (Å²) >= 11 is 0. The molecule has 30 heavy (non-hydrogen) atoms. The Kier molecular flexibility index (Phi) is 31.3. The third-order valence-electron chi connectivity index (χ3n) is 1.29. The molecule has 0 aliphatic carbocycles. The van der Waals surface area contributed by atoms with Crippen molar-refractivity contribution in [2.24, 2.45) is 0 Å². The molecular formula is C6H8N4O19Zr. The summed E-state index contributed by atoms with van der Waals surface area (Å²) in [6.07, 6.45) is -2.29. The van der Waals surface area contributed by atoms with Crippen molar-refractivity contribution >= 4 is 17.9 Å². The van der Waals surface area contributed by atoms with Gasteiger partial charge in [0.2, 0.25) is 0 Å². The molecule has 0 heterocycles. The Balaban J connectivity index is -0.0000000700. The maximum absolute atomic E-state index is 10.3. The molecule has 0 bridgehead atoms. The van der Waals surface area contributed by atoms with E-state index in [9.17, 15) is 14.4 Å². The van der Waals surface area contributed by atoms with Crippen LogP contribution >= 0.6 is 0 Å². The number of carbonyl (C=O) groups is 3. The molecule has 0 saturated carbocycles. The minimum absolute atomic E-state index is 0. The van der Waals surface area contributed by atoms with E-state index in [1.54, 1.807) is 0 Å². The fourth-order valence-electron chi connectivity index (χ4n) is 0.714. The molecule has 4 N–H and O–H groups in total.